The third-order valence-corrected chi connectivity index (χ3v) is 3.10. The number of ketones is 1. The van der Waals surface area contributed by atoms with Crippen LogP contribution in [0.15, 0.2) is 0 Å². The number of carbonyl (C=O) groups excluding carboxylic acids is 2. The highest BCUT2D eigenvalue weighted by Crippen LogP contribution is 2.38. The molecule has 17 heavy (non-hydrogen) atoms. The van der Waals surface area contributed by atoms with Crippen LogP contribution in [0.1, 0.15) is 27.2 Å². The van der Waals surface area contributed by atoms with E-state index in [2.05, 4.69) is 18.6 Å². The summed E-state index contributed by atoms with van der Waals surface area (Å²) in [5.41, 5.74) is 4.76. The maximum absolute atomic E-state index is 10.7. The van der Waals surface area contributed by atoms with Gasteiger partial charge in [-0.1, -0.05) is 20.8 Å². The molecule has 1 aliphatic carbocycles. The average molecular weight is 243 g/mol. The van der Waals surface area contributed by atoms with Gasteiger partial charge >= 0.3 is 6.09 Å². The van der Waals surface area contributed by atoms with Gasteiger partial charge in [-0.25, -0.2) is 4.79 Å². The number of ether oxygens (including phenoxy) is 2. The molecule has 0 radical (unpaired) electrons. The Hall–Kier alpha value is -1.10. The average Bonchev–Trinajstić information content (AvgIpc) is 2.66. The highest BCUT2D eigenvalue weighted by molar-refractivity contribution is 5.98. The molecule has 0 aromatic rings. The van der Waals surface area contributed by atoms with Crippen LogP contribution in [0, 0.1) is 17.8 Å². The molecule has 1 aliphatic heterocycles. The van der Waals surface area contributed by atoms with E-state index in [0.717, 1.165) is 6.42 Å². The molecule has 98 valence electrons. The lowest BCUT2D eigenvalue weighted by molar-refractivity contribution is -0.112. The summed E-state index contributed by atoms with van der Waals surface area (Å²) in [6.07, 6.45) is -0.0591. The van der Waals surface area contributed by atoms with Gasteiger partial charge in [0.05, 0.1) is 13.2 Å². The van der Waals surface area contributed by atoms with Crippen LogP contribution < -0.4 is 5.73 Å². The van der Waals surface area contributed by atoms with Gasteiger partial charge in [0.25, 0.3) is 0 Å². The predicted molar refractivity (Wildman–Crippen MR) is 62.4 cm³/mol. The van der Waals surface area contributed by atoms with Gasteiger partial charge in [0.1, 0.15) is 11.9 Å². The van der Waals surface area contributed by atoms with Crippen LogP contribution >= 0.6 is 0 Å². The lowest BCUT2D eigenvalue weighted by Crippen LogP contribution is -2.22. The van der Waals surface area contributed by atoms with Crippen molar-refractivity contribution in [2.24, 2.45) is 23.5 Å². The lowest BCUT2D eigenvalue weighted by atomic mass is 10.1. The van der Waals surface area contributed by atoms with Crippen LogP contribution in [0.2, 0.25) is 0 Å². The van der Waals surface area contributed by atoms with Gasteiger partial charge in [-0.15, -0.1) is 0 Å². The van der Waals surface area contributed by atoms with Gasteiger partial charge in [0.15, 0.2) is 0 Å². The third kappa shape index (κ3) is 4.34. The number of carbonyl (C=O) groups is 2. The van der Waals surface area contributed by atoms with Gasteiger partial charge in [0, 0.05) is 18.3 Å². The van der Waals surface area contributed by atoms with Gasteiger partial charge in [0.2, 0.25) is 0 Å². The predicted octanol–water partition coefficient (Wildman–Crippen LogP) is 1.35. The molecule has 0 aromatic carbocycles. The first-order valence-corrected chi connectivity index (χ1v) is 6.01. The molecule has 3 unspecified atom stereocenters. The molecule has 0 aromatic heterocycles. The van der Waals surface area contributed by atoms with Crippen LogP contribution in [0.4, 0.5) is 4.79 Å². The van der Waals surface area contributed by atoms with Crippen molar-refractivity contribution < 1.29 is 19.1 Å². The zero-order valence-electron chi connectivity index (χ0n) is 10.6. The topological polar surface area (TPSA) is 78.6 Å². The SMILES string of the molecule is CC(C)C1C(=O)C1C.NC(=O)OC1CCOC1. The Morgan fingerprint density at radius 3 is 2.35 bits per heavy atom. The number of nitrogens with two attached hydrogens (primary N) is 1. The van der Waals surface area contributed by atoms with E-state index in [0.29, 0.717) is 36.8 Å². The first-order valence-electron chi connectivity index (χ1n) is 6.01. The monoisotopic (exact) mass is 243 g/mol. The van der Waals surface area contributed by atoms with Gasteiger partial charge in [-0.05, 0) is 5.92 Å². The molecule has 1 saturated carbocycles. The lowest BCUT2D eigenvalue weighted by Gasteiger charge is -2.05. The van der Waals surface area contributed by atoms with Crippen LogP contribution in [-0.2, 0) is 14.3 Å². The Morgan fingerprint density at radius 2 is 2.12 bits per heavy atom. The van der Waals surface area contributed by atoms with E-state index >= 15 is 0 Å². The zero-order chi connectivity index (χ0) is 13.0. The molecular formula is C12H21NO4. The van der Waals surface area contributed by atoms with E-state index < -0.39 is 6.09 Å². The summed E-state index contributed by atoms with van der Waals surface area (Å²) < 4.78 is 9.55. The van der Waals surface area contributed by atoms with Gasteiger partial charge < -0.3 is 15.2 Å². The van der Waals surface area contributed by atoms with Crippen molar-refractivity contribution in [3.63, 3.8) is 0 Å². The van der Waals surface area contributed by atoms with Crippen LogP contribution in [-0.4, -0.2) is 31.2 Å². The molecule has 3 atom stereocenters. The Morgan fingerprint density at radius 1 is 1.53 bits per heavy atom. The number of Topliss-reactive ketones (excluding diaryl/α,β-unsaturated/α-hetero) is 1. The fourth-order valence-corrected chi connectivity index (χ4v) is 2.07. The molecule has 2 aliphatic rings. The third-order valence-electron chi connectivity index (χ3n) is 3.10. The van der Waals surface area contributed by atoms with E-state index in [1.165, 1.54) is 0 Å². The number of hydrogen-bond acceptors (Lipinski definition) is 4. The minimum atomic E-state index is -0.717. The summed E-state index contributed by atoms with van der Waals surface area (Å²) in [7, 11) is 0. The van der Waals surface area contributed by atoms with Crippen molar-refractivity contribution in [1.82, 2.24) is 0 Å². The van der Waals surface area contributed by atoms with Crippen LogP contribution in [0.3, 0.4) is 0 Å². The quantitative estimate of drug-likeness (QED) is 0.794. The summed E-state index contributed by atoms with van der Waals surface area (Å²) in [4.78, 5) is 20.8. The van der Waals surface area contributed by atoms with Crippen molar-refractivity contribution in [2.45, 2.75) is 33.3 Å². The van der Waals surface area contributed by atoms with E-state index in [-0.39, 0.29) is 6.10 Å². The van der Waals surface area contributed by atoms with Crippen molar-refractivity contribution in [3.05, 3.63) is 0 Å². The largest absolute Gasteiger partial charge is 0.444 e. The molecule has 2 rings (SSSR count). The standard InChI is InChI=1S/C7H12O.C5H9NO3/c1-4(2)6-5(3)7(6)8;6-5(7)9-4-1-2-8-3-4/h4-6H,1-3H3;4H,1-3H2,(H2,6,7). The van der Waals surface area contributed by atoms with Crippen LogP contribution in [0.5, 0.6) is 0 Å². The molecule has 1 amide bonds. The van der Waals surface area contributed by atoms with Crippen molar-refractivity contribution >= 4 is 11.9 Å². The van der Waals surface area contributed by atoms with Gasteiger partial charge in [-0.2, -0.15) is 0 Å². The Balaban J connectivity index is 0.000000171. The van der Waals surface area contributed by atoms with E-state index in [9.17, 15) is 9.59 Å². The summed E-state index contributed by atoms with van der Waals surface area (Å²) in [5, 5.41) is 0. The summed E-state index contributed by atoms with van der Waals surface area (Å²) in [6.45, 7) is 7.37. The fraction of sp³-hybridized carbons (Fsp3) is 0.833. The molecule has 5 heteroatoms. The number of rotatable bonds is 2. The summed E-state index contributed by atoms with van der Waals surface area (Å²) in [6, 6.07) is 0. The second-order valence-corrected chi connectivity index (χ2v) is 4.88. The van der Waals surface area contributed by atoms with Crippen LogP contribution in [0.25, 0.3) is 0 Å². The normalized spacial score (nSPS) is 30.8. The zero-order valence-corrected chi connectivity index (χ0v) is 10.6. The van der Waals surface area contributed by atoms with Gasteiger partial charge in [-0.3, -0.25) is 4.79 Å². The van der Waals surface area contributed by atoms with E-state index in [1.807, 2.05) is 6.92 Å². The first kappa shape index (κ1) is 14.0. The fourth-order valence-electron chi connectivity index (χ4n) is 2.07. The summed E-state index contributed by atoms with van der Waals surface area (Å²) >= 11 is 0. The molecule has 2 fully saturated rings. The molecule has 2 N–H and O–H groups in total. The Labute approximate surface area is 102 Å². The number of hydrogen-bond donors (Lipinski definition) is 1. The molecule has 1 heterocycles. The molecule has 0 spiro atoms. The number of amides is 1. The second kappa shape index (κ2) is 6.00. The van der Waals surface area contributed by atoms with Crippen molar-refractivity contribution in [2.75, 3.05) is 13.2 Å². The second-order valence-electron chi connectivity index (χ2n) is 4.88. The summed E-state index contributed by atoms with van der Waals surface area (Å²) in [5.74, 6) is 1.79. The minimum absolute atomic E-state index is 0.109. The van der Waals surface area contributed by atoms with Crippen molar-refractivity contribution in [3.8, 4) is 0 Å². The minimum Gasteiger partial charge on any atom is -0.444 e. The molecule has 1 saturated heterocycles. The van der Waals surface area contributed by atoms with Crippen molar-refractivity contribution in [1.29, 1.82) is 0 Å². The maximum atomic E-state index is 10.7. The maximum Gasteiger partial charge on any atom is 0.404 e. The molecular weight excluding hydrogens is 222 g/mol. The Bertz CT molecular complexity index is 284. The first-order chi connectivity index (χ1) is 7.93. The van der Waals surface area contributed by atoms with E-state index in [1.54, 1.807) is 0 Å². The highest BCUT2D eigenvalue weighted by Gasteiger charge is 2.46. The molecule has 5 nitrogen and oxygen atoms in total. The number of primary amides is 1. The Kier molecular flexibility index (Phi) is 4.93. The molecule has 0 bridgehead atoms. The highest BCUT2D eigenvalue weighted by atomic mass is 16.6. The smallest absolute Gasteiger partial charge is 0.404 e. The van der Waals surface area contributed by atoms with E-state index in [4.69, 9.17) is 10.5 Å².